The van der Waals surface area contributed by atoms with E-state index in [0.717, 1.165) is 19.4 Å². The fourth-order valence-corrected chi connectivity index (χ4v) is 2.10. The predicted molar refractivity (Wildman–Crippen MR) is 70.6 cm³/mol. The summed E-state index contributed by atoms with van der Waals surface area (Å²) in [6.45, 7) is 2.89. The first-order chi connectivity index (χ1) is 9.03. The second-order valence-electron chi connectivity index (χ2n) is 4.92. The summed E-state index contributed by atoms with van der Waals surface area (Å²) in [4.78, 5) is 23.3. The smallest absolute Gasteiger partial charge is 0.244 e. The van der Waals surface area contributed by atoms with Gasteiger partial charge in [0.25, 0.3) is 0 Å². The Morgan fingerprint density at radius 2 is 2.37 bits per heavy atom. The van der Waals surface area contributed by atoms with Crippen molar-refractivity contribution in [1.82, 2.24) is 20.4 Å². The quantitative estimate of drug-likeness (QED) is 0.698. The lowest BCUT2D eigenvalue weighted by Gasteiger charge is -2.22. The molecule has 2 rings (SSSR count). The average molecular weight is 265 g/mol. The van der Waals surface area contributed by atoms with Crippen molar-refractivity contribution in [3.63, 3.8) is 0 Å². The largest absolute Gasteiger partial charge is 0.358 e. The highest BCUT2D eigenvalue weighted by molar-refractivity contribution is 5.97. The number of nitrogens with one attached hydrogen (secondary N) is 3. The van der Waals surface area contributed by atoms with Gasteiger partial charge in [-0.2, -0.15) is 5.10 Å². The highest BCUT2D eigenvalue weighted by Crippen LogP contribution is 2.20. The molecule has 1 fully saturated rings. The van der Waals surface area contributed by atoms with E-state index < -0.39 is 5.54 Å². The van der Waals surface area contributed by atoms with E-state index in [1.165, 1.54) is 4.68 Å². The molecule has 0 saturated carbocycles. The number of carbonyl (C=O) groups excluding carboxylic acids is 2. The standard InChI is InChI=1S/C12H19N5O2/c1-12(4-3-5-14-12)11(19)16-9-6-15-17(7-9)8-10(18)13-2/h6-7,14H,3-5,8H2,1-2H3,(H,13,18)(H,16,19). The van der Waals surface area contributed by atoms with Gasteiger partial charge in [0.1, 0.15) is 6.54 Å². The van der Waals surface area contributed by atoms with Crippen LogP contribution in [0.15, 0.2) is 12.4 Å². The van der Waals surface area contributed by atoms with E-state index in [1.807, 2.05) is 6.92 Å². The van der Waals surface area contributed by atoms with Crippen LogP contribution in [0.1, 0.15) is 19.8 Å². The molecule has 0 aromatic carbocycles. The van der Waals surface area contributed by atoms with E-state index in [2.05, 4.69) is 21.0 Å². The summed E-state index contributed by atoms with van der Waals surface area (Å²) in [6, 6.07) is 0. The number of likely N-dealkylation sites (N-methyl/N-ethyl adjacent to an activating group) is 1. The van der Waals surface area contributed by atoms with Gasteiger partial charge in [-0.3, -0.25) is 14.3 Å². The summed E-state index contributed by atoms with van der Waals surface area (Å²) >= 11 is 0. The molecule has 0 bridgehead atoms. The number of carbonyl (C=O) groups is 2. The van der Waals surface area contributed by atoms with Crippen LogP contribution in [0.4, 0.5) is 5.69 Å². The first-order valence-corrected chi connectivity index (χ1v) is 6.33. The Labute approximate surface area is 111 Å². The van der Waals surface area contributed by atoms with Gasteiger partial charge in [0, 0.05) is 13.2 Å². The minimum Gasteiger partial charge on any atom is -0.358 e. The van der Waals surface area contributed by atoms with Crippen molar-refractivity contribution in [3.8, 4) is 0 Å². The normalized spacial score (nSPS) is 22.2. The van der Waals surface area contributed by atoms with Crippen LogP contribution in [-0.2, 0) is 16.1 Å². The molecule has 1 aliphatic heterocycles. The zero-order chi connectivity index (χ0) is 13.9. The summed E-state index contributed by atoms with van der Waals surface area (Å²) in [5, 5.41) is 12.6. The predicted octanol–water partition coefficient (Wildman–Crippen LogP) is -0.290. The molecule has 1 aromatic heterocycles. The third-order valence-electron chi connectivity index (χ3n) is 3.35. The number of hydrogen-bond acceptors (Lipinski definition) is 4. The molecular weight excluding hydrogens is 246 g/mol. The van der Waals surface area contributed by atoms with Crippen LogP contribution in [0.2, 0.25) is 0 Å². The molecule has 1 aromatic rings. The first kappa shape index (κ1) is 13.5. The van der Waals surface area contributed by atoms with Crippen molar-refractivity contribution in [3.05, 3.63) is 12.4 Å². The molecule has 3 N–H and O–H groups in total. The van der Waals surface area contributed by atoms with Crippen LogP contribution >= 0.6 is 0 Å². The lowest BCUT2D eigenvalue weighted by atomic mass is 9.99. The third-order valence-corrected chi connectivity index (χ3v) is 3.35. The maximum absolute atomic E-state index is 12.1. The van der Waals surface area contributed by atoms with Crippen molar-refractivity contribution < 1.29 is 9.59 Å². The second-order valence-corrected chi connectivity index (χ2v) is 4.92. The number of nitrogens with zero attached hydrogens (tertiary/aromatic N) is 2. The molecule has 1 unspecified atom stereocenters. The number of amides is 2. The molecule has 19 heavy (non-hydrogen) atoms. The van der Waals surface area contributed by atoms with Crippen molar-refractivity contribution in [2.24, 2.45) is 0 Å². The van der Waals surface area contributed by atoms with Gasteiger partial charge in [0.15, 0.2) is 0 Å². The van der Waals surface area contributed by atoms with E-state index in [9.17, 15) is 9.59 Å². The van der Waals surface area contributed by atoms with Gasteiger partial charge in [-0.15, -0.1) is 0 Å². The van der Waals surface area contributed by atoms with Gasteiger partial charge in [0.2, 0.25) is 11.8 Å². The van der Waals surface area contributed by atoms with Crippen molar-refractivity contribution in [2.75, 3.05) is 18.9 Å². The molecule has 0 radical (unpaired) electrons. The molecule has 0 spiro atoms. The summed E-state index contributed by atoms with van der Waals surface area (Å²) in [6.07, 6.45) is 5.01. The number of anilines is 1. The van der Waals surface area contributed by atoms with E-state index in [-0.39, 0.29) is 18.4 Å². The number of aromatic nitrogens is 2. The Balaban J connectivity index is 1.96. The Kier molecular flexibility index (Phi) is 3.84. The molecule has 7 heteroatoms. The van der Waals surface area contributed by atoms with Crippen LogP contribution in [0, 0.1) is 0 Å². The molecular formula is C12H19N5O2. The van der Waals surface area contributed by atoms with Gasteiger partial charge in [-0.05, 0) is 26.3 Å². The van der Waals surface area contributed by atoms with Crippen LogP contribution in [-0.4, -0.2) is 40.7 Å². The molecule has 7 nitrogen and oxygen atoms in total. The van der Waals surface area contributed by atoms with Crippen LogP contribution in [0.5, 0.6) is 0 Å². The van der Waals surface area contributed by atoms with Crippen molar-refractivity contribution in [1.29, 1.82) is 0 Å². The van der Waals surface area contributed by atoms with Crippen LogP contribution < -0.4 is 16.0 Å². The van der Waals surface area contributed by atoms with Crippen LogP contribution in [0.25, 0.3) is 0 Å². The summed E-state index contributed by atoms with van der Waals surface area (Å²) in [7, 11) is 1.57. The molecule has 1 saturated heterocycles. The maximum Gasteiger partial charge on any atom is 0.244 e. The molecule has 1 aliphatic rings. The average Bonchev–Trinajstić information content (AvgIpc) is 2.99. The monoisotopic (exact) mass is 265 g/mol. The van der Waals surface area contributed by atoms with Gasteiger partial charge in [-0.25, -0.2) is 0 Å². The third kappa shape index (κ3) is 3.11. The Hall–Kier alpha value is -1.89. The minimum absolute atomic E-state index is 0.0653. The fourth-order valence-electron chi connectivity index (χ4n) is 2.10. The van der Waals surface area contributed by atoms with Gasteiger partial charge >= 0.3 is 0 Å². The van der Waals surface area contributed by atoms with Gasteiger partial charge in [0.05, 0.1) is 17.4 Å². The Morgan fingerprint density at radius 1 is 1.58 bits per heavy atom. The number of rotatable bonds is 4. The lowest BCUT2D eigenvalue weighted by Crippen LogP contribution is -2.47. The summed E-state index contributed by atoms with van der Waals surface area (Å²) in [5.41, 5.74) is 0.0897. The van der Waals surface area contributed by atoms with Gasteiger partial charge < -0.3 is 16.0 Å². The van der Waals surface area contributed by atoms with Gasteiger partial charge in [-0.1, -0.05) is 0 Å². The Morgan fingerprint density at radius 3 is 3.00 bits per heavy atom. The molecule has 0 aliphatic carbocycles. The molecule has 1 atom stereocenters. The zero-order valence-corrected chi connectivity index (χ0v) is 11.2. The second kappa shape index (κ2) is 5.40. The lowest BCUT2D eigenvalue weighted by molar-refractivity contribution is -0.122. The van der Waals surface area contributed by atoms with E-state index >= 15 is 0 Å². The zero-order valence-electron chi connectivity index (χ0n) is 11.2. The van der Waals surface area contributed by atoms with E-state index in [1.54, 1.807) is 19.4 Å². The maximum atomic E-state index is 12.1. The highest BCUT2D eigenvalue weighted by Gasteiger charge is 2.35. The van der Waals surface area contributed by atoms with Crippen molar-refractivity contribution in [2.45, 2.75) is 31.8 Å². The SMILES string of the molecule is CNC(=O)Cn1cc(NC(=O)C2(C)CCCN2)cn1. The fraction of sp³-hybridized carbons (Fsp3) is 0.583. The van der Waals surface area contributed by atoms with E-state index in [0.29, 0.717) is 5.69 Å². The minimum atomic E-state index is -0.511. The molecule has 104 valence electrons. The summed E-state index contributed by atoms with van der Waals surface area (Å²) in [5.74, 6) is -0.199. The number of hydrogen-bond donors (Lipinski definition) is 3. The van der Waals surface area contributed by atoms with Crippen LogP contribution in [0.3, 0.4) is 0 Å². The molecule has 2 amide bonds. The van der Waals surface area contributed by atoms with E-state index in [4.69, 9.17) is 0 Å². The van der Waals surface area contributed by atoms with Crippen molar-refractivity contribution >= 4 is 17.5 Å². The highest BCUT2D eigenvalue weighted by atomic mass is 16.2. The topological polar surface area (TPSA) is 88.0 Å². The molecule has 2 heterocycles. The first-order valence-electron chi connectivity index (χ1n) is 6.33. The summed E-state index contributed by atoms with van der Waals surface area (Å²) < 4.78 is 1.48. The Bertz CT molecular complexity index is 476.